The lowest BCUT2D eigenvalue weighted by molar-refractivity contribution is -0.113. The zero-order chi connectivity index (χ0) is 26.4. The van der Waals surface area contributed by atoms with Crippen LogP contribution in [0.2, 0.25) is 0 Å². The number of hydrogen-bond donors (Lipinski definition) is 2. The molecular weight excluding hydrogens is 512 g/mol. The van der Waals surface area contributed by atoms with Gasteiger partial charge in [0.25, 0.3) is 5.91 Å². The van der Waals surface area contributed by atoms with Gasteiger partial charge in [0.05, 0.1) is 32.2 Å². The van der Waals surface area contributed by atoms with Crippen LogP contribution in [-0.4, -0.2) is 51.5 Å². The summed E-state index contributed by atoms with van der Waals surface area (Å²) in [7, 11) is 4.83. The van der Waals surface area contributed by atoms with Crippen molar-refractivity contribution >= 4 is 40.0 Å². The molecule has 0 saturated carbocycles. The molecule has 0 unspecified atom stereocenters. The van der Waals surface area contributed by atoms with Crippen molar-refractivity contribution in [3.63, 3.8) is 0 Å². The van der Waals surface area contributed by atoms with Gasteiger partial charge < -0.3 is 24.7 Å². The topological polar surface area (TPSA) is 120 Å². The Balaban J connectivity index is 1.29. The summed E-state index contributed by atoms with van der Waals surface area (Å²) in [5.41, 5.74) is 3.43. The first-order chi connectivity index (χ1) is 17.9. The van der Waals surface area contributed by atoms with Gasteiger partial charge in [-0.05, 0) is 25.1 Å². The molecule has 0 saturated heterocycles. The summed E-state index contributed by atoms with van der Waals surface area (Å²) in [6, 6.07) is 13.0. The molecule has 0 atom stereocenters. The maximum absolute atomic E-state index is 12.6. The summed E-state index contributed by atoms with van der Waals surface area (Å²) >= 11 is 2.63. The Morgan fingerprint density at radius 2 is 1.81 bits per heavy atom. The number of hydrogen-bond acceptors (Lipinski definition) is 9. The zero-order valence-electron chi connectivity index (χ0n) is 20.8. The van der Waals surface area contributed by atoms with Gasteiger partial charge in [0.15, 0.2) is 27.6 Å². The third-order valence-corrected chi connectivity index (χ3v) is 7.19. The number of benzene rings is 2. The number of amides is 2. The molecule has 0 aliphatic rings. The van der Waals surface area contributed by atoms with E-state index in [1.807, 2.05) is 36.6 Å². The molecule has 0 spiro atoms. The van der Waals surface area contributed by atoms with Crippen LogP contribution >= 0.6 is 23.1 Å². The van der Waals surface area contributed by atoms with E-state index in [0.717, 1.165) is 11.3 Å². The lowest BCUT2D eigenvalue weighted by Crippen LogP contribution is -2.24. The number of aryl methyl sites for hydroxylation is 1. The third kappa shape index (κ3) is 6.46. The number of carbonyl (C=O) groups excluding carboxylic acids is 2. The average molecular weight is 539 g/mol. The SMILES string of the molecule is COc1ccc(C(=O)NCc2nnc(SCC(=O)Nc3nc(-c4ccc(C)cc4)cs3)n2C)cc1OC. The van der Waals surface area contributed by atoms with E-state index in [2.05, 4.69) is 25.8 Å². The van der Waals surface area contributed by atoms with Crippen LogP contribution in [0.1, 0.15) is 21.7 Å². The van der Waals surface area contributed by atoms with Crippen molar-refractivity contribution < 1.29 is 19.1 Å². The molecule has 12 heteroatoms. The number of thioether (sulfide) groups is 1. The normalized spacial score (nSPS) is 10.7. The molecule has 2 amide bonds. The Morgan fingerprint density at radius 1 is 1.05 bits per heavy atom. The number of rotatable bonds is 10. The van der Waals surface area contributed by atoms with Crippen molar-refractivity contribution in [1.82, 2.24) is 25.1 Å². The molecule has 10 nitrogen and oxygen atoms in total. The van der Waals surface area contributed by atoms with Crippen LogP contribution in [0.25, 0.3) is 11.3 Å². The van der Waals surface area contributed by atoms with Crippen molar-refractivity contribution in [1.29, 1.82) is 0 Å². The van der Waals surface area contributed by atoms with Gasteiger partial charge in [0.1, 0.15) is 0 Å². The quantitative estimate of drug-likeness (QED) is 0.292. The smallest absolute Gasteiger partial charge is 0.251 e. The predicted octanol–water partition coefficient (Wildman–Crippen LogP) is 3.93. The molecule has 4 aromatic rings. The van der Waals surface area contributed by atoms with E-state index in [1.165, 1.54) is 42.9 Å². The van der Waals surface area contributed by atoms with Gasteiger partial charge in [-0.1, -0.05) is 41.6 Å². The second-order valence-electron chi connectivity index (χ2n) is 7.95. The van der Waals surface area contributed by atoms with Gasteiger partial charge in [0.2, 0.25) is 5.91 Å². The Hall–Kier alpha value is -3.90. The molecule has 4 rings (SSSR count). The molecule has 2 aromatic heterocycles. The summed E-state index contributed by atoms with van der Waals surface area (Å²) in [6.45, 7) is 2.20. The molecule has 37 heavy (non-hydrogen) atoms. The Kier molecular flexibility index (Phi) is 8.41. The molecule has 2 aromatic carbocycles. The number of aromatic nitrogens is 4. The third-order valence-electron chi connectivity index (χ3n) is 5.41. The number of nitrogens with one attached hydrogen (secondary N) is 2. The molecule has 192 valence electrons. The van der Waals surface area contributed by atoms with Crippen molar-refractivity contribution in [2.75, 3.05) is 25.3 Å². The second-order valence-corrected chi connectivity index (χ2v) is 9.75. The van der Waals surface area contributed by atoms with Crippen LogP contribution in [0, 0.1) is 6.92 Å². The molecule has 0 radical (unpaired) electrons. The fourth-order valence-electron chi connectivity index (χ4n) is 3.34. The minimum Gasteiger partial charge on any atom is -0.493 e. The highest BCUT2D eigenvalue weighted by Gasteiger charge is 2.15. The highest BCUT2D eigenvalue weighted by molar-refractivity contribution is 7.99. The van der Waals surface area contributed by atoms with Crippen molar-refractivity contribution in [2.24, 2.45) is 7.05 Å². The van der Waals surface area contributed by atoms with Gasteiger partial charge in [0, 0.05) is 23.6 Å². The van der Waals surface area contributed by atoms with Crippen LogP contribution in [0.15, 0.2) is 53.0 Å². The molecule has 0 bridgehead atoms. The van der Waals surface area contributed by atoms with E-state index in [-0.39, 0.29) is 24.1 Å². The first-order valence-corrected chi connectivity index (χ1v) is 13.1. The van der Waals surface area contributed by atoms with Gasteiger partial charge in [-0.15, -0.1) is 21.5 Å². The first-order valence-electron chi connectivity index (χ1n) is 11.2. The largest absolute Gasteiger partial charge is 0.493 e. The minimum atomic E-state index is -0.286. The molecule has 2 N–H and O–H groups in total. The van der Waals surface area contributed by atoms with E-state index < -0.39 is 0 Å². The number of anilines is 1. The molecule has 0 aliphatic carbocycles. The van der Waals surface area contributed by atoms with E-state index >= 15 is 0 Å². The van der Waals surface area contributed by atoms with E-state index in [0.29, 0.717) is 33.2 Å². The average Bonchev–Trinajstić information content (AvgIpc) is 3.52. The fraction of sp³-hybridized carbons (Fsp3) is 0.240. The lowest BCUT2D eigenvalue weighted by atomic mass is 10.1. The number of ether oxygens (including phenoxy) is 2. The Morgan fingerprint density at radius 3 is 2.54 bits per heavy atom. The van der Waals surface area contributed by atoms with E-state index in [4.69, 9.17) is 9.47 Å². The summed E-state index contributed by atoms with van der Waals surface area (Å²) in [5, 5.41) is 16.9. The zero-order valence-corrected chi connectivity index (χ0v) is 22.4. The number of methoxy groups -OCH3 is 2. The number of thiazole rings is 1. The minimum absolute atomic E-state index is 0.142. The van der Waals surface area contributed by atoms with E-state index in [1.54, 1.807) is 29.8 Å². The molecule has 0 fully saturated rings. The van der Waals surface area contributed by atoms with Crippen molar-refractivity contribution in [3.05, 3.63) is 64.8 Å². The van der Waals surface area contributed by atoms with Crippen molar-refractivity contribution in [3.8, 4) is 22.8 Å². The Bertz CT molecular complexity index is 1400. The first kappa shape index (κ1) is 26.2. The van der Waals surface area contributed by atoms with Crippen LogP contribution in [0.3, 0.4) is 0 Å². The maximum atomic E-state index is 12.6. The van der Waals surface area contributed by atoms with Crippen molar-refractivity contribution in [2.45, 2.75) is 18.6 Å². The second kappa shape index (κ2) is 11.9. The highest BCUT2D eigenvalue weighted by Crippen LogP contribution is 2.28. The van der Waals surface area contributed by atoms with Crippen LogP contribution in [-0.2, 0) is 18.4 Å². The summed E-state index contributed by atoms with van der Waals surface area (Å²) < 4.78 is 12.2. The summed E-state index contributed by atoms with van der Waals surface area (Å²) in [4.78, 5) is 29.5. The Labute approximate surface area is 222 Å². The lowest BCUT2D eigenvalue weighted by Gasteiger charge is -2.10. The summed E-state index contributed by atoms with van der Waals surface area (Å²) in [6.07, 6.45) is 0. The molecule has 2 heterocycles. The van der Waals surface area contributed by atoms with Gasteiger partial charge in [-0.25, -0.2) is 4.98 Å². The standard InChI is InChI=1S/C25H26N6O4S2/c1-15-5-7-16(8-6-15)18-13-36-24(27-18)28-22(32)14-37-25-30-29-21(31(25)2)12-26-23(33)17-9-10-19(34-3)20(11-17)35-4/h5-11,13H,12,14H2,1-4H3,(H,26,33)(H,27,28,32). The maximum Gasteiger partial charge on any atom is 0.251 e. The van der Waals surface area contributed by atoms with Crippen LogP contribution in [0.5, 0.6) is 11.5 Å². The van der Waals surface area contributed by atoms with Crippen LogP contribution < -0.4 is 20.1 Å². The van der Waals surface area contributed by atoms with Gasteiger partial charge in [-0.2, -0.15) is 0 Å². The molecular formula is C25H26N6O4S2. The number of carbonyl (C=O) groups is 2. The fourth-order valence-corrected chi connectivity index (χ4v) is 4.80. The van der Waals surface area contributed by atoms with Crippen LogP contribution in [0.4, 0.5) is 5.13 Å². The monoisotopic (exact) mass is 538 g/mol. The summed E-state index contributed by atoms with van der Waals surface area (Å²) in [5.74, 6) is 1.23. The molecule has 0 aliphatic heterocycles. The highest BCUT2D eigenvalue weighted by atomic mass is 32.2. The number of nitrogens with zero attached hydrogens (tertiary/aromatic N) is 4. The predicted molar refractivity (Wildman–Crippen MR) is 143 cm³/mol. The van der Waals surface area contributed by atoms with E-state index in [9.17, 15) is 9.59 Å². The van der Waals surface area contributed by atoms with Gasteiger partial charge >= 0.3 is 0 Å². The van der Waals surface area contributed by atoms with Gasteiger partial charge in [-0.3, -0.25) is 9.59 Å².